The number of nitrogens with zero attached hydrogens (tertiary/aromatic N) is 1. The van der Waals surface area contributed by atoms with E-state index in [9.17, 15) is 4.79 Å². The number of benzene rings is 1. The average Bonchev–Trinajstić information content (AvgIpc) is 2.35. The number of aromatic amines is 1. The van der Waals surface area contributed by atoms with Crippen molar-refractivity contribution in [2.75, 3.05) is 7.11 Å². The van der Waals surface area contributed by atoms with Crippen LogP contribution in [-0.2, 0) is 0 Å². The normalized spacial score (nSPS) is 10.0. The first-order valence-corrected chi connectivity index (χ1v) is 5.14. The molecule has 5 nitrogen and oxygen atoms in total. The fourth-order valence-electron chi connectivity index (χ4n) is 1.25. The summed E-state index contributed by atoms with van der Waals surface area (Å²) in [5, 5.41) is -0.0987. The smallest absolute Gasteiger partial charge is 0.273 e. The predicted octanol–water partition coefficient (Wildman–Crippen LogP) is 2.22. The molecule has 0 radical (unpaired) electrons. The lowest BCUT2D eigenvalue weighted by Crippen LogP contribution is -2.08. The van der Waals surface area contributed by atoms with E-state index >= 15 is 0 Å². The van der Waals surface area contributed by atoms with Crippen molar-refractivity contribution in [1.82, 2.24) is 9.97 Å². The predicted molar refractivity (Wildman–Crippen MR) is 62.9 cm³/mol. The minimum atomic E-state index is -0.452. The van der Waals surface area contributed by atoms with Crippen LogP contribution >= 0.6 is 11.6 Å². The third kappa shape index (κ3) is 2.39. The molecule has 88 valence electrons. The van der Waals surface area contributed by atoms with Crippen LogP contribution in [0.25, 0.3) is 0 Å². The summed E-state index contributed by atoms with van der Waals surface area (Å²) in [4.78, 5) is 17.4. The second-order valence-electron chi connectivity index (χ2n) is 3.10. The Kier molecular flexibility index (Phi) is 3.30. The Labute approximate surface area is 102 Å². The van der Waals surface area contributed by atoms with Crippen molar-refractivity contribution in [2.24, 2.45) is 0 Å². The summed E-state index contributed by atoms with van der Waals surface area (Å²) >= 11 is 5.77. The number of aromatic nitrogens is 2. The van der Waals surface area contributed by atoms with Crippen LogP contribution in [0.5, 0.6) is 17.4 Å². The molecule has 0 aliphatic rings. The van der Waals surface area contributed by atoms with E-state index < -0.39 is 5.56 Å². The number of hydrogen-bond acceptors (Lipinski definition) is 4. The Hall–Kier alpha value is -2.01. The Morgan fingerprint density at radius 3 is 2.71 bits per heavy atom. The van der Waals surface area contributed by atoms with Gasteiger partial charge >= 0.3 is 0 Å². The van der Waals surface area contributed by atoms with Crippen molar-refractivity contribution in [3.63, 3.8) is 0 Å². The molecule has 0 aliphatic heterocycles. The van der Waals surface area contributed by atoms with Gasteiger partial charge in [-0.1, -0.05) is 23.7 Å². The molecular weight excluding hydrogens is 244 g/mol. The standard InChI is InChI=1S/C11H9ClN2O3/c1-16-7-4-2-3-5-8(7)17-11-9(12)10(15)13-6-14-11/h2-6H,1H3,(H,13,14,15). The number of ether oxygens (including phenoxy) is 2. The number of nitrogens with one attached hydrogen (secondary N) is 1. The van der Waals surface area contributed by atoms with Gasteiger partial charge in [-0.3, -0.25) is 4.79 Å². The van der Waals surface area contributed by atoms with Gasteiger partial charge < -0.3 is 14.5 Å². The molecular formula is C11H9ClN2O3. The number of hydrogen-bond donors (Lipinski definition) is 1. The first-order valence-electron chi connectivity index (χ1n) is 4.76. The largest absolute Gasteiger partial charge is 0.493 e. The molecule has 0 bridgehead atoms. The number of para-hydroxylation sites is 2. The van der Waals surface area contributed by atoms with E-state index in [1.165, 1.54) is 13.4 Å². The van der Waals surface area contributed by atoms with E-state index in [2.05, 4.69) is 9.97 Å². The van der Waals surface area contributed by atoms with Gasteiger partial charge in [0.1, 0.15) is 0 Å². The summed E-state index contributed by atoms with van der Waals surface area (Å²) in [6.07, 6.45) is 1.22. The van der Waals surface area contributed by atoms with Crippen LogP contribution in [0.3, 0.4) is 0 Å². The highest BCUT2D eigenvalue weighted by Crippen LogP contribution is 2.31. The van der Waals surface area contributed by atoms with Crippen LogP contribution < -0.4 is 15.0 Å². The zero-order valence-corrected chi connectivity index (χ0v) is 9.69. The number of rotatable bonds is 3. The van der Waals surface area contributed by atoms with Crippen LogP contribution in [-0.4, -0.2) is 17.1 Å². The Morgan fingerprint density at radius 2 is 2.00 bits per heavy atom. The molecule has 6 heteroatoms. The third-order valence-corrected chi connectivity index (χ3v) is 2.37. The molecule has 0 amide bonds. The third-order valence-electron chi connectivity index (χ3n) is 2.04. The summed E-state index contributed by atoms with van der Waals surface area (Å²) in [7, 11) is 1.52. The molecule has 2 rings (SSSR count). The molecule has 1 N–H and O–H groups in total. The van der Waals surface area contributed by atoms with E-state index in [4.69, 9.17) is 21.1 Å². The molecule has 0 unspecified atom stereocenters. The monoisotopic (exact) mass is 252 g/mol. The van der Waals surface area contributed by atoms with Gasteiger partial charge in [0.25, 0.3) is 5.56 Å². The molecule has 1 heterocycles. The molecule has 2 aromatic rings. The van der Waals surface area contributed by atoms with Crippen LogP contribution in [0, 0.1) is 0 Å². The van der Waals surface area contributed by atoms with Crippen molar-refractivity contribution >= 4 is 11.6 Å². The molecule has 0 aliphatic carbocycles. The lowest BCUT2D eigenvalue weighted by Gasteiger charge is -2.09. The van der Waals surface area contributed by atoms with Crippen molar-refractivity contribution in [3.05, 3.63) is 46.0 Å². The van der Waals surface area contributed by atoms with Gasteiger partial charge in [0.05, 0.1) is 13.4 Å². The summed E-state index contributed by atoms with van der Waals surface area (Å²) in [5.74, 6) is 1.01. The number of halogens is 1. The van der Waals surface area contributed by atoms with Crippen LogP contribution in [0.2, 0.25) is 5.02 Å². The SMILES string of the molecule is COc1ccccc1Oc1nc[nH]c(=O)c1Cl. The van der Waals surface area contributed by atoms with Gasteiger partial charge in [0.2, 0.25) is 5.88 Å². The van der Waals surface area contributed by atoms with Gasteiger partial charge in [-0.2, -0.15) is 0 Å². The summed E-state index contributed by atoms with van der Waals surface area (Å²) in [5.41, 5.74) is -0.452. The average molecular weight is 253 g/mol. The highest BCUT2D eigenvalue weighted by atomic mass is 35.5. The fourth-order valence-corrected chi connectivity index (χ4v) is 1.39. The maximum atomic E-state index is 11.2. The highest BCUT2D eigenvalue weighted by molar-refractivity contribution is 6.31. The molecule has 1 aromatic heterocycles. The number of H-pyrrole nitrogens is 1. The van der Waals surface area contributed by atoms with E-state index in [1.54, 1.807) is 24.3 Å². The van der Waals surface area contributed by atoms with Crippen molar-refractivity contribution in [2.45, 2.75) is 0 Å². The molecule has 0 fully saturated rings. The summed E-state index contributed by atoms with van der Waals surface area (Å²) < 4.78 is 10.5. The van der Waals surface area contributed by atoms with Gasteiger partial charge in [-0.25, -0.2) is 4.98 Å². The molecule has 0 spiro atoms. The van der Waals surface area contributed by atoms with E-state index in [-0.39, 0.29) is 10.9 Å². The van der Waals surface area contributed by atoms with E-state index in [0.717, 1.165) is 0 Å². The van der Waals surface area contributed by atoms with Crippen molar-refractivity contribution in [1.29, 1.82) is 0 Å². The topological polar surface area (TPSA) is 64.2 Å². The summed E-state index contributed by atoms with van der Waals surface area (Å²) in [6, 6.07) is 7.01. The molecule has 0 saturated heterocycles. The minimum absolute atomic E-state index is 0.0416. The molecule has 1 aromatic carbocycles. The lowest BCUT2D eigenvalue weighted by molar-refractivity contribution is 0.374. The number of methoxy groups -OCH3 is 1. The van der Waals surface area contributed by atoms with Crippen LogP contribution in [0.4, 0.5) is 0 Å². The zero-order chi connectivity index (χ0) is 12.3. The molecule has 0 saturated carbocycles. The zero-order valence-electron chi connectivity index (χ0n) is 8.94. The Bertz CT molecular complexity index is 583. The quantitative estimate of drug-likeness (QED) is 0.910. The van der Waals surface area contributed by atoms with E-state index in [0.29, 0.717) is 11.5 Å². The Balaban J connectivity index is 2.38. The first-order chi connectivity index (χ1) is 8.22. The summed E-state index contributed by atoms with van der Waals surface area (Å²) in [6.45, 7) is 0. The van der Waals surface area contributed by atoms with Crippen molar-refractivity contribution in [3.8, 4) is 17.4 Å². The van der Waals surface area contributed by atoms with Gasteiger partial charge in [0.15, 0.2) is 16.5 Å². The Morgan fingerprint density at radius 1 is 1.29 bits per heavy atom. The molecule has 17 heavy (non-hydrogen) atoms. The highest BCUT2D eigenvalue weighted by Gasteiger charge is 2.10. The second-order valence-corrected chi connectivity index (χ2v) is 3.48. The van der Waals surface area contributed by atoms with Crippen molar-refractivity contribution < 1.29 is 9.47 Å². The first kappa shape index (κ1) is 11.5. The second kappa shape index (κ2) is 4.88. The van der Waals surface area contributed by atoms with Gasteiger partial charge in [-0.15, -0.1) is 0 Å². The van der Waals surface area contributed by atoms with Gasteiger partial charge in [-0.05, 0) is 12.1 Å². The lowest BCUT2D eigenvalue weighted by atomic mass is 10.3. The minimum Gasteiger partial charge on any atom is -0.493 e. The van der Waals surface area contributed by atoms with Gasteiger partial charge in [0, 0.05) is 0 Å². The molecule has 0 atom stereocenters. The van der Waals surface area contributed by atoms with E-state index in [1.807, 2.05) is 0 Å². The van der Waals surface area contributed by atoms with Crippen LogP contribution in [0.1, 0.15) is 0 Å². The maximum Gasteiger partial charge on any atom is 0.273 e. The van der Waals surface area contributed by atoms with Crippen LogP contribution in [0.15, 0.2) is 35.4 Å². The fraction of sp³-hybridized carbons (Fsp3) is 0.0909. The maximum absolute atomic E-state index is 11.2.